The summed E-state index contributed by atoms with van der Waals surface area (Å²) in [5.74, 6) is 0.675. The summed E-state index contributed by atoms with van der Waals surface area (Å²) in [4.78, 5) is 14.0. The van der Waals surface area contributed by atoms with Crippen molar-refractivity contribution in [3.05, 3.63) is 30.2 Å². The number of nitrogens with two attached hydrogens (primary N) is 2. The molecule has 0 aromatic carbocycles. The van der Waals surface area contributed by atoms with E-state index in [9.17, 15) is 13.2 Å². The lowest BCUT2D eigenvalue weighted by molar-refractivity contribution is -0.143. The van der Waals surface area contributed by atoms with E-state index in [2.05, 4.69) is 15.0 Å². The van der Waals surface area contributed by atoms with Crippen LogP contribution in [0.15, 0.2) is 34.4 Å². The molecule has 0 amide bonds. The molecule has 0 aliphatic carbocycles. The maximum absolute atomic E-state index is 13.1. The van der Waals surface area contributed by atoms with E-state index in [0.717, 1.165) is 37.2 Å². The van der Waals surface area contributed by atoms with Gasteiger partial charge in [-0.25, -0.2) is 9.97 Å². The molecule has 4 heterocycles. The van der Waals surface area contributed by atoms with Crippen molar-refractivity contribution in [2.24, 2.45) is 5.73 Å². The third kappa shape index (κ3) is 3.99. The number of nitrogens with zero attached hydrogens (tertiary/aromatic N) is 4. The molecule has 0 radical (unpaired) electrons. The molecule has 1 spiro atoms. The molecule has 2 aromatic rings. The Morgan fingerprint density at radius 1 is 1.24 bits per heavy atom. The maximum Gasteiger partial charge on any atom is 0.434 e. The minimum Gasteiger partial charge on any atom is -0.381 e. The van der Waals surface area contributed by atoms with Crippen LogP contribution in [0.5, 0.6) is 0 Å². The Bertz CT molecular complexity index is 888. The topological polar surface area (TPSA) is 103 Å². The summed E-state index contributed by atoms with van der Waals surface area (Å²) in [6, 6.07) is 2.82. The number of anilines is 2. The summed E-state index contributed by atoms with van der Waals surface area (Å²) in [5.41, 5.74) is 11.0. The van der Waals surface area contributed by atoms with E-state index in [4.69, 9.17) is 16.2 Å². The minimum atomic E-state index is -4.56. The van der Waals surface area contributed by atoms with E-state index >= 15 is 0 Å². The van der Waals surface area contributed by atoms with Crippen LogP contribution in [0.4, 0.5) is 24.8 Å². The smallest absolute Gasteiger partial charge is 0.381 e. The molecule has 7 nitrogen and oxygen atoms in total. The second-order valence-corrected chi connectivity index (χ2v) is 8.19. The van der Waals surface area contributed by atoms with E-state index in [1.165, 1.54) is 18.3 Å². The number of aromatic nitrogens is 3. The molecule has 2 aliphatic heterocycles. The Morgan fingerprint density at radius 3 is 2.62 bits per heavy atom. The van der Waals surface area contributed by atoms with Gasteiger partial charge < -0.3 is 21.1 Å². The molecule has 2 saturated heterocycles. The van der Waals surface area contributed by atoms with E-state index in [-0.39, 0.29) is 27.4 Å². The lowest BCUT2D eigenvalue weighted by Crippen LogP contribution is -2.53. The Morgan fingerprint density at radius 2 is 2.00 bits per heavy atom. The van der Waals surface area contributed by atoms with Crippen LogP contribution in [0.25, 0.3) is 0 Å². The number of hydrogen-bond donors (Lipinski definition) is 2. The molecule has 2 aliphatic rings. The van der Waals surface area contributed by atoms with Crippen LogP contribution in [0, 0.1) is 0 Å². The minimum absolute atomic E-state index is 0.0434. The maximum atomic E-state index is 13.1. The summed E-state index contributed by atoms with van der Waals surface area (Å²) < 4.78 is 45.3. The molecule has 2 fully saturated rings. The molecular formula is C18H21F3N6OS. The molecule has 4 N–H and O–H groups in total. The molecule has 1 atom stereocenters. The van der Waals surface area contributed by atoms with Crippen molar-refractivity contribution in [2.75, 3.05) is 30.3 Å². The average molecular weight is 426 g/mol. The third-order valence-corrected chi connectivity index (χ3v) is 6.48. The van der Waals surface area contributed by atoms with E-state index in [1.807, 2.05) is 4.90 Å². The zero-order chi connectivity index (χ0) is 20.6. The Kier molecular flexibility index (Phi) is 5.30. The fourth-order valence-corrected chi connectivity index (χ4v) is 4.67. The van der Waals surface area contributed by atoms with Gasteiger partial charge in [-0.15, -0.1) is 0 Å². The molecule has 4 rings (SSSR count). The summed E-state index contributed by atoms with van der Waals surface area (Å²) in [6.07, 6.45) is 0.531. The van der Waals surface area contributed by atoms with Crippen molar-refractivity contribution >= 4 is 23.4 Å². The fourth-order valence-electron chi connectivity index (χ4n) is 3.79. The lowest BCUT2D eigenvalue weighted by Gasteiger charge is -2.41. The second kappa shape index (κ2) is 7.62. The second-order valence-electron chi connectivity index (χ2n) is 7.16. The van der Waals surface area contributed by atoms with Crippen molar-refractivity contribution < 1.29 is 17.9 Å². The van der Waals surface area contributed by atoms with E-state index < -0.39 is 11.9 Å². The largest absolute Gasteiger partial charge is 0.434 e. The lowest BCUT2D eigenvalue weighted by atomic mass is 9.85. The molecule has 2 aromatic heterocycles. The molecular weight excluding hydrogens is 405 g/mol. The first kappa shape index (κ1) is 20.2. The number of nitrogen functional groups attached to an aromatic ring is 1. The van der Waals surface area contributed by atoms with Crippen LogP contribution in [-0.2, 0) is 10.9 Å². The molecule has 0 bridgehead atoms. The summed E-state index contributed by atoms with van der Waals surface area (Å²) in [6.45, 7) is 2.10. The normalized spacial score (nSPS) is 21.7. The number of alkyl halides is 3. The van der Waals surface area contributed by atoms with Crippen LogP contribution >= 0.6 is 11.8 Å². The van der Waals surface area contributed by atoms with Gasteiger partial charge in [0, 0.05) is 36.8 Å². The van der Waals surface area contributed by atoms with Crippen LogP contribution in [0.2, 0.25) is 0 Å². The zero-order valence-electron chi connectivity index (χ0n) is 15.5. The van der Waals surface area contributed by atoms with Gasteiger partial charge in [0.1, 0.15) is 10.8 Å². The monoisotopic (exact) mass is 426 g/mol. The highest BCUT2D eigenvalue weighted by molar-refractivity contribution is 7.99. The van der Waals surface area contributed by atoms with E-state index in [1.54, 1.807) is 0 Å². The molecule has 11 heteroatoms. The van der Waals surface area contributed by atoms with Crippen molar-refractivity contribution in [1.82, 2.24) is 15.0 Å². The SMILES string of the molecule is Nc1nc(N2CCC3(CC2)OCC[C@H]3N)cnc1Sc1cccnc1C(F)(F)F. The van der Waals surface area contributed by atoms with Gasteiger partial charge in [-0.2, -0.15) is 13.2 Å². The summed E-state index contributed by atoms with van der Waals surface area (Å²) >= 11 is 0.802. The van der Waals surface area contributed by atoms with Crippen LogP contribution in [-0.4, -0.2) is 46.3 Å². The summed E-state index contributed by atoms with van der Waals surface area (Å²) in [7, 11) is 0. The fraction of sp³-hybridized carbons (Fsp3) is 0.500. The predicted molar refractivity (Wildman–Crippen MR) is 103 cm³/mol. The Hall–Kier alpha value is -2.11. The number of pyridine rings is 1. The standard InChI is InChI=1S/C18H21F3N6OS/c19-18(20,21)14-11(2-1-6-24-14)29-16-15(23)26-13(10-25-16)27-7-4-17(5-8-27)12(22)3-9-28-17/h1-2,6,10,12H,3-5,7-9,22H2,(H2,23,26)/t12-/m1/s1. The quantitative estimate of drug-likeness (QED) is 0.772. The first-order valence-electron chi connectivity index (χ1n) is 9.25. The van der Waals surface area contributed by atoms with Gasteiger partial charge in [-0.1, -0.05) is 11.8 Å². The first-order valence-corrected chi connectivity index (χ1v) is 10.1. The van der Waals surface area contributed by atoms with Gasteiger partial charge in [0.05, 0.1) is 11.8 Å². The van der Waals surface area contributed by atoms with Crippen molar-refractivity contribution in [3.8, 4) is 0 Å². The van der Waals surface area contributed by atoms with E-state index in [0.29, 0.717) is 25.5 Å². The first-order chi connectivity index (χ1) is 13.8. The van der Waals surface area contributed by atoms with Gasteiger partial charge in [0.15, 0.2) is 11.5 Å². The van der Waals surface area contributed by atoms with Gasteiger partial charge in [0.2, 0.25) is 0 Å². The number of halogens is 3. The van der Waals surface area contributed by atoms with Crippen molar-refractivity contribution in [3.63, 3.8) is 0 Å². The van der Waals surface area contributed by atoms with Crippen LogP contribution in [0.1, 0.15) is 25.0 Å². The molecule has 156 valence electrons. The number of ether oxygens (including phenoxy) is 1. The highest BCUT2D eigenvalue weighted by Crippen LogP contribution is 2.40. The molecule has 0 saturated carbocycles. The third-order valence-electron chi connectivity index (χ3n) is 5.43. The van der Waals surface area contributed by atoms with Gasteiger partial charge in [-0.05, 0) is 31.4 Å². The zero-order valence-corrected chi connectivity index (χ0v) is 16.3. The number of piperidine rings is 1. The highest BCUT2D eigenvalue weighted by atomic mass is 32.2. The molecule has 29 heavy (non-hydrogen) atoms. The predicted octanol–water partition coefficient (Wildman–Crippen LogP) is 2.71. The highest BCUT2D eigenvalue weighted by Gasteiger charge is 2.44. The van der Waals surface area contributed by atoms with Crippen molar-refractivity contribution in [2.45, 2.75) is 47.0 Å². The van der Waals surface area contributed by atoms with Crippen LogP contribution in [0.3, 0.4) is 0 Å². The van der Waals surface area contributed by atoms with Crippen molar-refractivity contribution in [1.29, 1.82) is 0 Å². The van der Waals surface area contributed by atoms with Gasteiger partial charge in [0.25, 0.3) is 0 Å². The van der Waals surface area contributed by atoms with Gasteiger partial charge >= 0.3 is 6.18 Å². The Labute approximate surface area is 170 Å². The number of rotatable bonds is 3. The summed E-state index contributed by atoms with van der Waals surface area (Å²) in [5, 5.41) is 0.210. The molecule has 0 unspecified atom stereocenters. The average Bonchev–Trinajstić information content (AvgIpc) is 3.03. The van der Waals surface area contributed by atoms with Gasteiger partial charge in [-0.3, -0.25) is 4.98 Å². The van der Waals surface area contributed by atoms with Crippen LogP contribution < -0.4 is 16.4 Å². The Balaban J connectivity index is 1.48. The number of hydrogen-bond acceptors (Lipinski definition) is 8.